The molecule has 0 spiro atoms. The standard InChI is InChI=1S/C11H12BrF4NO.ClH/c1-10(17,5-9(18)11(14,15)16)7-4-6(12)2-3-8(7)13;/h2-4,9,18H,5,17H2,1H3;1H/t9-,10-;/m0./s1. The van der Waals surface area contributed by atoms with Gasteiger partial charge in [-0.15, -0.1) is 12.4 Å². The summed E-state index contributed by atoms with van der Waals surface area (Å²) in [6.45, 7) is 1.24. The number of benzene rings is 1. The van der Waals surface area contributed by atoms with Crippen LogP contribution in [0.25, 0.3) is 0 Å². The molecule has 19 heavy (non-hydrogen) atoms. The van der Waals surface area contributed by atoms with Crippen molar-refractivity contribution in [1.29, 1.82) is 0 Å². The molecule has 1 rings (SSSR count). The van der Waals surface area contributed by atoms with Crippen LogP contribution < -0.4 is 5.73 Å². The summed E-state index contributed by atoms with van der Waals surface area (Å²) in [5.41, 5.74) is 3.98. The number of nitrogens with two attached hydrogens (primary N) is 1. The highest BCUT2D eigenvalue weighted by Crippen LogP contribution is 2.32. The molecule has 0 heterocycles. The van der Waals surface area contributed by atoms with Crippen LogP contribution in [0.3, 0.4) is 0 Å². The van der Waals surface area contributed by atoms with Gasteiger partial charge in [0, 0.05) is 22.0 Å². The lowest BCUT2D eigenvalue weighted by atomic mass is 9.87. The first-order valence-corrected chi connectivity index (χ1v) is 5.82. The molecule has 0 aromatic heterocycles. The summed E-state index contributed by atoms with van der Waals surface area (Å²) in [6.07, 6.45) is -8.18. The van der Waals surface area contributed by atoms with Gasteiger partial charge in [0.05, 0.1) is 0 Å². The fourth-order valence-electron chi connectivity index (χ4n) is 1.56. The summed E-state index contributed by atoms with van der Waals surface area (Å²) in [6, 6.07) is 3.82. The molecule has 2 atom stereocenters. The Morgan fingerprint density at radius 1 is 1.37 bits per heavy atom. The summed E-state index contributed by atoms with van der Waals surface area (Å²) in [5, 5.41) is 9.00. The van der Waals surface area contributed by atoms with E-state index in [4.69, 9.17) is 10.8 Å². The van der Waals surface area contributed by atoms with E-state index < -0.39 is 30.1 Å². The van der Waals surface area contributed by atoms with Gasteiger partial charge in [-0.25, -0.2) is 4.39 Å². The van der Waals surface area contributed by atoms with Crippen molar-refractivity contribution < 1.29 is 22.7 Å². The number of aliphatic hydroxyl groups is 1. The van der Waals surface area contributed by atoms with E-state index in [0.29, 0.717) is 4.47 Å². The highest BCUT2D eigenvalue weighted by molar-refractivity contribution is 9.10. The van der Waals surface area contributed by atoms with Crippen LogP contribution in [0.15, 0.2) is 22.7 Å². The maximum atomic E-state index is 13.5. The summed E-state index contributed by atoms with van der Waals surface area (Å²) >= 11 is 3.09. The van der Waals surface area contributed by atoms with E-state index in [-0.39, 0.29) is 18.0 Å². The molecule has 0 radical (unpaired) electrons. The molecule has 110 valence electrons. The van der Waals surface area contributed by atoms with Gasteiger partial charge in [0.1, 0.15) is 5.82 Å². The smallest absolute Gasteiger partial charge is 0.384 e. The fraction of sp³-hybridized carbons (Fsp3) is 0.455. The van der Waals surface area contributed by atoms with E-state index >= 15 is 0 Å². The highest BCUT2D eigenvalue weighted by Gasteiger charge is 2.42. The monoisotopic (exact) mass is 365 g/mol. The van der Waals surface area contributed by atoms with Crippen molar-refractivity contribution in [3.8, 4) is 0 Å². The van der Waals surface area contributed by atoms with Gasteiger partial charge in [0.25, 0.3) is 0 Å². The second-order valence-corrected chi connectivity index (χ2v) is 5.22. The van der Waals surface area contributed by atoms with Crippen LogP contribution in [0.1, 0.15) is 18.9 Å². The van der Waals surface area contributed by atoms with E-state index in [1.165, 1.54) is 19.1 Å². The number of hydrogen-bond donors (Lipinski definition) is 2. The average Bonchev–Trinajstić information content (AvgIpc) is 2.19. The van der Waals surface area contributed by atoms with Crippen molar-refractivity contribution in [2.75, 3.05) is 0 Å². The number of halogens is 6. The van der Waals surface area contributed by atoms with Crippen molar-refractivity contribution in [3.05, 3.63) is 34.1 Å². The first kappa shape index (κ1) is 18.6. The van der Waals surface area contributed by atoms with Crippen molar-refractivity contribution in [1.82, 2.24) is 0 Å². The van der Waals surface area contributed by atoms with Crippen LogP contribution in [0.2, 0.25) is 0 Å². The first-order valence-electron chi connectivity index (χ1n) is 5.03. The predicted molar refractivity (Wildman–Crippen MR) is 69.6 cm³/mol. The Labute approximate surface area is 122 Å². The molecule has 1 aromatic rings. The summed E-state index contributed by atoms with van der Waals surface area (Å²) in [5.74, 6) is -0.711. The molecule has 0 aliphatic carbocycles. The Hall–Kier alpha value is -0.370. The molecule has 0 saturated heterocycles. The number of aliphatic hydroxyl groups excluding tert-OH is 1. The maximum absolute atomic E-state index is 13.5. The van der Waals surface area contributed by atoms with Gasteiger partial charge in [-0.05, 0) is 25.1 Å². The first-order chi connectivity index (χ1) is 8.04. The molecule has 0 fully saturated rings. The van der Waals surface area contributed by atoms with E-state index in [2.05, 4.69) is 15.9 Å². The Bertz CT molecular complexity index is 439. The second-order valence-electron chi connectivity index (χ2n) is 4.30. The Morgan fingerprint density at radius 3 is 2.37 bits per heavy atom. The minimum atomic E-state index is -4.77. The molecular formula is C11H13BrClF4NO. The van der Waals surface area contributed by atoms with E-state index in [9.17, 15) is 17.6 Å². The van der Waals surface area contributed by atoms with Gasteiger partial charge in [-0.3, -0.25) is 0 Å². The lowest BCUT2D eigenvalue weighted by Crippen LogP contribution is -2.42. The number of rotatable bonds is 3. The zero-order valence-electron chi connectivity index (χ0n) is 9.84. The zero-order chi connectivity index (χ0) is 14.1. The van der Waals surface area contributed by atoms with Crippen LogP contribution in [0.4, 0.5) is 17.6 Å². The molecule has 0 saturated carbocycles. The van der Waals surface area contributed by atoms with Crippen LogP contribution >= 0.6 is 28.3 Å². The Kier molecular flexibility index (Phi) is 6.26. The molecule has 3 N–H and O–H groups in total. The van der Waals surface area contributed by atoms with E-state index in [1.807, 2.05) is 0 Å². The van der Waals surface area contributed by atoms with Gasteiger partial charge >= 0.3 is 6.18 Å². The molecule has 8 heteroatoms. The van der Waals surface area contributed by atoms with Gasteiger partial charge in [0.15, 0.2) is 6.10 Å². The quantitative estimate of drug-likeness (QED) is 0.804. The minimum absolute atomic E-state index is 0. The number of alkyl halides is 3. The molecular weight excluding hydrogens is 353 g/mol. The summed E-state index contributed by atoms with van der Waals surface area (Å²) in [7, 11) is 0. The van der Waals surface area contributed by atoms with Crippen LogP contribution in [0, 0.1) is 5.82 Å². The largest absolute Gasteiger partial charge is 0.414 e. The minimum Gasteiger partial charge on any atom is -0.384 e. The van der Waals surface area contributed by atoms with Crippen molar-refractivity contribution in [2.45, 2.75) is 31.2 Å². The average molecular weight is 367 g/mol. The SMILES string of the molecule is C[C@](N)(C[C@H](O)C(F)(F)F)c1cc(Br)ccc1F.Cl. The third-order valence-electron chi connectivity index (χ3n) is 2.54. The van der Waals surface area contributed by atoms with E-state index in [1.54, 1.807) is 0 Å². The topological polar surface area (TPSA) is 46.2 Å². The fourth-order valence-corrected chi connectivity index (χ4v) is 1.92. The van der Waals surface area contributed by atoms with Gasteiger partial charge in [-0.1, -0.05) is 15.9 Å². The summed E-state index contributed by atoms with van der Waals surface area (Å²) in [4.78, 5) is 0. The van der Waals surface area contributed by atoms with Crippen LogP contribution in [0.5, 0.6) is 0 Å². The molecule has 0 amide bonds. The molecule has 1 aromatic carbocycles. The maximum Gasteiger partial charge on any atom is 0.414 e. The van der Waals surface area contributed by atoms with Gasteiger partial charge in [-0.2, -0.15) is 13.2 Å². The van der Waals surface area contributed by atoms with Crippen LogP contribution in [-0.4, -0.2) is 17.4 Å². The zero-order valence-corrected chi connectivity index (χ0v) is 12.2. The highest BCUT2D eigenvalue weighted by atomic mass is 79.9. The second kappa shape index (κ2) is 6.39. The van der Waals surface area contributed by atoms with Gasteiger partial charge in [0.2, 0.25) is 0 Å². The normalized spacial score (nSPS) is 16.4. The molecule has 2 nitrogen and oxygen atoms in total. The van der Waals surface area contributed by atoms with Crippen LogP contribution in [-0.2, 0) is 5.54 Å². The van der Waals surface area contributed by atoms with Crippen molar-refractivity contribution in [3.63, 3.8) is 0 Å². The molecule has 0 aliphatic rings. The Balaban J connectivity index is 0.00000324. The lowest BCUT2D eigenvalue weighted by molar-refractivity contribution is -0.209. The molecule has 0 bridgehead atoms. The van der Waals surface area contributed by atoms with Crippen molar-refractivity contribution in [2.24, 2.45) is 5.73 Å². The Morgan fingerprint density at radius 2 is 1.89 bits per heavy atom. The van der Waals surface area contributed by atoms with E-state index in [0.717, 1.165) is 6.07 Å². The third-order valence-corrected chi connectivity index (χ3v) is 3.03. The number of hydrogen-bond acceptors (Lipinski definition) is 2. The van der Waals surface area contributed by atoms with Crippen molar-refractivity contribution >= 4 is 28.3 Å². The predicted octanol–water partition coefficient (Wildman–Crippen LogP) is 3.50. The summed E-state index contributed by atoms with van der Waals surface area (Å²) < 4.78 is 50.8. The van der Waals surface area contributed by atoms with Gasteiger partial charge < -0.3 is 10.8 Å². The lowest BCUT2D eigenvalue weighted by Gasteiger charge is -2.29. The molecule has 0 unspecified atom stereocenters. The molecule has 0 aliphatic heterocycles. The third kappa shape index (κ3) is 4.91.